The molecule has 1 aromatic carbocycles. The van der Waals surface area contributed by atoms with Crippen LogP contribution in [0.25, 0.3) is 0 Å². The van der Waals surface area contributed by atoms with Gasteiger partial charge in [-0.05, 0) is 44.9 Å². The molecule has 0 radical (unpaired) electrons. The summed E-state index contributed by atoms with van der Waals surface area (Å²) in [5.74, 6) is -0.288. The van der Waals surface area contributed by atoms with Gasteiger partial charge in [0.05, 0.1) is 6.04 Å². The van der Waals surface area contributed by atoms with Gasteiger partial charge in [-0.1, -0.05) is 6.07 Å². The van der Waals surface area contributed by atoms with Gasteiger partial charge in [0.15, 0.2) is 0 Å². The van der Waals surface area contributed by atoms with E-state index in [2.05, 4.69) is 10.6 Å². The smallest absolute Gasteiger partial charge is 0.408 e. The van der Waals surface area contributed by atoms with Gasteiger partial charge >= 0.3 is 6.09 Å². The summed E-state index contributed by atoms with van der Waals surface area (Å²) in [5, 5.41) is 5.95. The monoisotopic (exact) mass is 266 g/mol. The number of carbonyl (C=O) groups is 1. The fourth-order valence-corrected chi connectivity index (χ4v) is 2.09. The van der Waals surface area contributed by atoms with Gasteiger partial charge in [-0.25, -0.2) is 9.18 Å². The number of alkyl carbamates (subject to hydrolysis) is 1. The topological polar surface area (TPSA) is 50.4 Å². The first-order valence-corrected chi connectivity index (χ1v) is 6.38. The summed E-state index contributed by atoms with van der Waals surface area (Å²) < 4.78 is 18.4. The van der Waals surface area contributed by atoms with E-state index in [1.54, 1.807) is 6.07 Å². The Kier molecular flexibility index (Phi) is 3.64. The third kappa shape index (κ3) is 3.59. The molecular weight excluding hydrogens is 247 g/mol. The molecule has 1 aliphatic heterocycles. The second-order valence-corrected chi connectivity index (χ2v) is 5.65. The van der Waals surface area contributed by atoms with E-state index >= 15 is 0 Å². The van der Waals surface area contributed by atoms with E-state index in [1.807, 2.05) is 20.8 Å². The Hall–Kier alpha value is -1.78. The van der Waals surface area contributed by atoms with Gasteiger partial charge in [0, 0.05) is 12.2 Å². The van der Waals surface area contributed by atoms with E-state index in [0.29, 0.717) is 6.54 Å². The molecule has 4 nitrogen and oxygen atoms in total. The maximum Gasteiger partial charge on any atom is 0.408 e. The minimum Gasteiger partial charge on any atom is -0.444 e. The van der Waals surface area contributed by atoms with Crippen molar-refractivity contribution in [3.05, 3.63) is 29.6 Å². The lowest BCUT2D eigenvalue weighted by molar-refractivity contribution is 0.0501. The molecule has 2 rings (SSSR count). The standard InChI is InChI=1S/C14H19FN2O2/c1-14(2,3)19-13(18)17-11-6-7-16-12-8-9(15)4-5-10(11)12/h4-5,8,11,16H,6-7H2,1-3H3,(H,17,18)/t11-/m0/s1. The van der Waals surface area contributed by atoms with Crippen LogP contribution in [-0.2, 0) is 4.74 Å². The fraction of sp³-hybridized carbons (Fsp3) is 0.500. The Morgan fingerprint density at radius 2 is 2.21 bits per heavy atom. The number of anilines is 1. The Balaban J connectivity index is 2.09. The van der Waals surface area contributed by atoms with E-state index in [0.717, 1.165) is 17.7 Å². The zero-order valence-corrected chi connectivity index (χ0v) is 11.4. The highest BCUT2D eigenvalue weighted by Crippen LogP contribution is 2.30. The molecule has 104 valence electrons. The molecule has 2 N–H and O–H groups in total. The third-order valence-corrected chi connectivity index (χ3v) is 2.83. The van der Waals surface area contributed by atoms with Crippen LogP contribution < -0.4 is 10.6 Å². The van der Waals surface area contributed by atoms with E-state index in [1.165, 1.54) is 12.1 Å². The normalized spacial score (nSPS) is 18.2. The lowest BCUT2D eigenvalue weighted by Gasteiger charge is -2.28. The number of hydrogen-bond donors (Lipinski definition) is 2. The highest BCUT2D eigenvalue weighted by molar-refractivity contribution is 5.69. The van der Waals surface area contributed by atoms with Crippen LogP contribution >= 0.6 is 0 Å². The van der Waals surface area contributed by atoms with Gasteiger partial charge in [0.2, 0.25) is 0 Å². The largest absolute Gasteiger partial charge is 0.444 e. The molecule has 1 aromatic rings. The van der Waals surface area contributed by atoms with Crippen LogP contribution in [0.1, 0.15) is 38.8 Å². The summed E-state index contributed by atoms with van der Waals surface area (Å²) >= 11 is 0. The quantitative estimate of drug-likeness (QED) is 0.820. The lowest BCUT2D eigenvalue weighted by Crippen LogP contribution is -2.37. The van der Waals surface area contributed by atoms with Crippen molar-refractivity contribution < 1.29 is 13.9 Å². The average Bonchev–Trinajstić information content (AvgIpc) is 2.26. The zero-order chi connectivity index (χ0) is 14.0. The summed E-state index contributed by atoms with van der Waals surface area (Å²) in [6, 6.07) is 4.39. The van der Waals surface area contributed by atoms with Crippen molar-refractivity contribution in [2.24, 2.45) is 0 Å². The van der Waals surface area contributed by atoms with Gasteiger partial charge in [-0.15, -0.1) is 0 Å². The highest BCUT2D eigenvalue weighted by atomic mass is 19.1. The second kappa shape index (κ2) is 5.07. The molecule has 0 aromatic heterocycles. The molecule has 0 fully saturated rings. The van der Waals surface area contributed by atoms with E-state index in [-0.39, 0.29) is 11.9 Å². The SMILES string of the molecule is CC(C)(C)OC(=O)N[C@H]1CCNc2cc(F)ccc21. The molecule has 1 heterocycles. The maximum absolute atomic E-state index is 13.2. The molecule has 0 bridgehead atoms. The molecule has 0 unspecified atom stereocenters. The van der Waals surface area contributed by atoms with Crippen molar-refractivity contribution in [3.8, 4) is 0 Å². The summed E-state index contributed by atoms with van der Waals surface area (Å²) in [6.07, 6.45) is 0.299. The van der Waals surface area contributed by atoms with E-state index in [9.17, 15) is 9.18 Å². The van der Waals surface area contributed by atoms with Crippen LogP contribution in [0, 0.1) is 5.82 Å². The number of nitrogens with one attached hydrogen (secondary N) is 2. The van der Waals surface area contributed by atoms with Crippen LogP contribution in [0.15, 0.2) is 18.2 Å². The van der Waals surface area contributed by atoms with E-state index < -0.39 is 11.7 Å². The van der Waals surface area contributed by atoms with Crippen LogP contribution in [0.3, 0.4) is 0 Å². The van der Waals surface area contributed by atoms with Crippen LogP contribution in [-0.4, -0.2) is 18.2 Å². The number of ether oxygens (including phenoxy) is 1. The molecule has 0 saturated heterocycles. The van der Waals surface area contributed by atoms with Crippen molar-refractivity contribution in [1.82, 2.24) is 5.32 Å². The summed E-state index contributed by atoms with van der Waals surface area (Å²) in [6.45, 7) is 6.14. The summed E-state index contributed by atoms with van der Waals surface area (Å²) in [7, 11) is 0. The predicted octanol–water partition coefficient (Wildman–Crippen LogP) is 3.21. The number of amides is 1. The van der Waals surface area contributed by atoms with Crippen molar-refractivity contribution in [1.29, 1.82) is 0 Å². The molecule has 1 amide bonds. The second-order valence-electron chi connectivity index (χ2n) is 5.65. The van der Waals surface area contributed by atoms with Crippen molar-refractivity contribution in [2.75, 3.05) is 11.9 Å². The summed E-state index contributed by atoms with van der Waals surface area (Å²) in [5.41, 5.74) is 1.09. The molecule has 5 heteroatoms. The first kappa shape index (κ1) is 13.6. The first-order valence-electron chi connectivity index (χ1n) is 6.38. The maximum atomic E-state index is 13.2. The molecule has 19 heavy (non-hydrogen) atoms. The molecule has 1 aliphatic rings. The molecule has 0 spiro atoms. The summed E-state index contributed by atoms with van der Waals surface area (Å²) in [4.78, 5) is 11.8. The number of hydrogen-bond acceptors (Lipinski definition) is 3. The molecule has 1 atom stereocenters. The van der Waals surface area contributed by atoms with Crippen LogP contribution in [0.2, 0.25) is 0 Å². The van der Waals surface area contributed by atoms with Gasteiger partial charge in [0.25, 0.3) is 0 Å². The third-order valence-electron chi connectivity index (χ3n) is 2.83. The van der Waals surface area contributed by atoms with Gasteiger partial charge in [0.1, 0.15) is 11.4 Å². The predicted molar refractivity (Wildman–Crippen MR) is 71.6 cm³/mol. The molecule has 0 saturated carbocycles. The number of benzene rings is 1. The van der Waals surface area contributed by atoms with Gasteiger partial charge in [-0.3, -0.25) is 0 Å². The van der Waals surface area contributed by atoms with E-state index in [4.69, 9.17) is 4.74 Å². The number of rotatable bonds is 1. The Labute approximate surface area is 112 Å². The van der Waals surface area contributed by atoms with Crippen LogP contribution in [0.4, 0.5) is 14.9 Å². The molecular formula is C14H19FN2O2. The Morgan fingerprint density at radius 1 is 1.47 bits per heavy atom. The average molecular weight is 266 g/mol. The fourth-order valence-electron chi connectivity index (χ4n) is 2.09. The van der Waals surface area contributed by atoms with Gasteiger partial charge < -0.3 is 15.4 Å². The number of carbonyl (C=O) groups excluding carboxylic acids is 1. The molecule has 0 aliphatic carbocycles. The zero-order valence-electron chi connectivity index (χ0n) is 11.4. The lowest BCUT2D eigenvalue weighted by atomic mass is 9.98. The number of halogens is 1. The van der Waals surface area contributed by atoms with Crippen molar-refractivity contribution >= 4 is 11.8 Å². The van der Waals surface area contributed by atoms with Crippen LogP contribution in [0.5, 0.6) is 0 Å². The first-order chi connectivity index (χ1) is 8.85. The van der Waals surface area contributed by atoms with Gasteiger partial charge in [-0.2, -0.15) is 0 Å². The highest BCUT2D eigenvalue weighted by Gasteiger charge is 2.24. The Bertz CT molecular complexity index is 483. The minimum atomic E-state index is -0.525. The minimum absolute atomic E-state index is 0.147. The van der Waals surface area contributed by atoms with Crippen molar-refractivity contribution in [3.63, 3.8) is 0 Å². The Morgan fingerprint density at radius 3 is 2.89 bits per heavy atom. The van der Waals surface area contributed by atoms with Crippen molar-refractivity contribution in [2.45, 2.75) is 38.8 Å². The number of fused-ring (bicyclic) bond motifs is 1.